The second-order valence-corrected chi connectivity index (χ2v) is 5.20. The minimum Gasteiger partial charge on any atom is -0.493 e. The van der Waals surface area contributed by atoms with Crippen LogP contribution in [-0.4, -0.2) is 25.7 Å². The van der Waals surface area contributed by atoms with Crippen LogP contribution in [0.1, 0.15) is 12.5 Å². The first-order valence-corrected chi connectivity index (χ1v) is 7.38. The number of carbonyl (C=O) groups excluding carboxylic acids is 1. The van der Waals surface area contributed by atoms with Crippen molar-refractivity contribution in [3.8, 4) is 11.5 Å². The predicted molar refractivity (Wildman–Crippen MR) is 86.2 cm³/mol. The second kappa shape index (κ2) is 8.17. The molecule has 2 rings (SSSR count). The molecular weight excluding hydrogens is 297 g/mol. The fourth-order valence-corrected chi connectivity index (χ4v) is 2.14. The highest BCUT2D eigenvalue weighted by atomic mass is 19.1. The van der Waals surface area contributed by atoms with Gasteiger partial charge in [0.2, 0.25) is 5.91 Å². The van der Waals surface area contributed by atoms with Crippen molar-refractivity contribution in [3.63, 3.8) is 0 Å². The van der Waals surface area contributed by atoms with Crippen molar-refractivity contribution in [1.82, 2.24) is 5.32 Å². The highest BCUT2D eigenvalue weighted by Crippen LogP contribution is 2.25. The maximum Gasteiger partial charge on any atom is 0.224 e. The summed E-state index contributed by atoms with van der Waals surface area (Å²) in [5, 5.41) is 2.79. The second-order valence-electron chi connectivity index (χ2n) is 5.20. The van der Waals surface area contributed by atoms with Crippen molar-refractivity contribution in [2.24, 2.45) is 0 Å². The molecule has 0 heterocycles. The van der Waals surface area contributed by atoms with Gasteiger partial charge in [-0.25, -0.2) is 4.39 Å². The maximum absolute atomic E-state index is 13.5. The molecule has 1 N–H and O–H groups in total. The Kier molecular flexibility index (Phi) is 5.97. The van der Waals surface area contributed by atoms with E-state index in [9.17, 15) is 9.18 Å². The van der Waals surface area contributed by atoms with Crippen LogP contribution in [0.3, 0.4) is 0 Å². The van der Waals surface area contributed by atoms with E-state index in [0.717, 1.165) is 0 Å². The monoisotopic (exact) mass is 317 g/mol. The van der Waals surface area contributed by atoms with Gasteiger partial charge in [-0.05, 0) is 30.7 Å². The largest absolute Gasteiger partial charge is 0.493 e. The lowest BCUT2D eigenvalue weighted by molar-refractivity contribution is -0.121. The van der Waals surface area contributed by atoms with Crippen LogP contribution < -0.4 is 14.8 Å². The first kappa shape index (κ1) is 16.8. The molecule has 2 aromatic carbocycles. The molecule has 122 valence electrons. The van der Waals surface area contributed by atoms with E-state index in [4.69, 9.17) is 9.47 Å². The lowest BCUT2D eigenvalue weighted by Gasteiger charge is -2.16. The average molecular weight is 317 g/mol. The molecule has 0 radical (unpaired) electrons. The molecule has 0 unspecified atom stereocenters. The Morgan fingerprint density at radius 2 is 1.78 bits per heavy atom. The zero-order chi connectivity index (χ0) is 16.7. The van der Waals surface area contributed by atoms with Crippen molar-refractivity contribution < 1.29 is 18.7 Å². The summed E-state index contributed by atoms with van der Waals surface area (Å²) in [5.41, 5.74) is 0.378. The zero-order valence-corrected chi connectivity index (χ0v) is 13.2. The van der Waals surface area contributed by atoms with E-state index in [0.29, 0.717) is 23.7 Å². The number of para-hydroxylation sites is 2. The molecule has 0 spiro atoms. The van der Waals surface area contributed by atoms with Crippen LogP contribution in [-0.2, 0) is 11.2 Å². The Bertz CT molecular complexity index is 660. The van der Waals surface area contributed by atoms with Crippen LogP contribution in [0.2, 0.25) is 0 Å². The van der Waals surface area contributed by atoms with Gasteiger partial charge in [-0.15, -0.1) is 0 Å². The van der Waals surface area contributed by atoms with Gasteiger partial charge in [0.05, 0.1) is 19.6 Å². The normalized spacial score (nSPS) is 11.6. The molecular formula is C18H20FNO3. The average Bonchev–Trinajstić information content (AvgIpc) is 2.55. The molecule has 2 aromatic rings. The summed E-state index contributed by atoms with van der Waals surface area (Å²) < 4.78 is 24.4. The molecule has 0 aliphatic rings. The number of hydrogen-bond acceptors (Lipinski definition) is 3. The molecule has 23 heavy (non-hydrogen) atoms. The van der Waals surface area contributed by atoms with Gasteiger partial charge in [0, 0.05) is 0 Å². The lowest BCUT2D eigenvalue weighted by atomic mass is 10.1. The van der Waals surface area contributed by atoms with Gasteiger partial charge in [-0.2, -0.15) is 0 Å². The molecule has 0 bridgehead atoms. The van der Waals surface area contributed by atoms with Gasteiger partial charge in [0.15, 0.2) is 11.5 Å². The van der Waals surface area contributed by atoms with Crippen molar-refractivity contribution in [1.29, 1.82) is 0 Å². The summed E-state index contributed by atoms with van der Waals surface area (Å²) in [6, 6.07) is 13.3. The van der Waals surface area contributed by atoms with Crippen molar-refractivity contribution in [2.75, 3.05) is 13.7 Å². The van der Waals surface area contributed by atoms with E-state index in [2.05, 4.69) is 5.32 Å². The molecule has 0 saturated heterocycles. The Morgan fingerprint density at radius 3 is 2.48 bits per heavy atom. The highest BCUT2D eigenvalue weighted by molar-refractivity contribution is 5.78. The molecule has 1 atom stereocenters. The van der Waals surface area contributed by atoms with Crippen molar-refractivity contribution in [3.05, 3.63) is 59.9 Å². The number of rotatable bonds is 7. The molecule has 0 aliphatic carbocycles. The smallest absolute Gasteiger partial charge is 0.224 e. The molecule has 1 amide bonds. The van der Waals surface area contributed by atoms with E-state index in [1.807, 2.05) is 19.1 Å². The summed E-state index contributed by atoms with van der Waals surface area (Å²) >= 11 is 0. The number of carbonyl (C=O) groups is 1. The molecule has 0 fully saturated rings. The Balaban J connectivity index is 1.83. The van der Waals surface area contributed by atoms with Crippen LogP contribution in [0.4, 0.5) is 4.39 Å². The van der Waals surface area contributed by atoms with Crippen LogP contribution in [0.15, 0.2) is 48.5 Å². The van der Waals surface area contributed by atoms with Gasteiger partial charge in [-0.3, -0.25) is 4.79 Å². The predicted octanol–water partition coefficient (Wildman–Crippen LogP) is 2.96. The summed E-state index contributed by atoms with van der Waals surface area (Å²) in [5.74, 6) is 0.634. The third kappa shape index (κ3) is 4.98. The molecule has 0 aromatic heterocycles. The number of amides is 1. The van der Waals surface area contributed by atoms with Crippen LogP contribution in [0, 0.1) is 5.82 Å². The first-order valence-electron chi connectivity index (χ1n) is 7.38. The van der Waals surface area contributed by atoms with Crippen molar-refractivity contribution in [2.45, 2.75) is 19.4 Å². The first-order chi connectivity index (χ1) is 11.1. The zero-order valence-electron chi connectivity index (χ0n) is 13.2. The van der Waals surface area contributed by atoms with Gasteiger partial charge in [-0.1, -0.05) is 30.3 Å². The molecule has 0 saturated carbocycles. The lowest BCUT2D eigenvalue weighted by Crippen LogP contribution is -2.37. The third-order valence-corrected chi connectivity index (χ3v) is 3.27. The quantitative estimate of drug-likeness (QED) is 0.854. The number of nitrogens with one attached hydrogen (secondary N) is 1. The van der Waals surface area contributed by atoms with Gasteiger partial charge in [0.1, 0.15) is 12.4 Å². The number of ether oxygens (including phenoxy) is 2. The van der Waals surface area contributed by atoms with Crippen LogP contribution >= 0.6 is 0 Å². The van der Waals surface area contributed by atoms with Crippen molar-refractivity contribution >= 4 is 5.91 Å². The Labute approximate surface area is 135 Å². The number of halogens is 1. The number of benzene rings is 2. The Hall–Kier alpha value is -2.56. The van der Waals surface area contributed by atoms with E-state index in [-0.39, 0.29) is 24.2 Å². The molecule has 5 heteroatoms. The minimum absolute atomic E-state index is 0.00563. The SMILES string of the molecule is COc1ccccc1OC[C@H](C)NC(=O)Cc1ccccc1F. The fourth-order valence-electron chi connectivity index (χ4n) is 2.14. The summed E-state index contributed by atoms with van der Waals surface area (Å²) in [6.07, 6.45) is 0.00563. The van der Waals surface area contributed by atoms with E-state index in [1.54, 1.807) is 37.4 Å². The van der Waals surface area contributed by atoms with E-state index >= 15 is 0 Å². The highest BCUT2D eigenvalue weighted by Gasteiger charge is 2.12. The topological polar surface area (TPSA) is 47.6 Å². The van der Waals surface area contributed by atoms with Gasteiger partial charge < -0.3 is 14.8 Å². The maximum atomic E-state index is 13.5. The number of hydrogen-bond donors (Lipinski definition) is 1. The summed E-state index contributed by atoms with van der Waals surface area (Å²) in [6.45, 7) is 2.12. The summed E-state index contributed by atoms with van der Waals surface area (Å²) in [4.78, 5) is 12.0. The Morgan fingerprint density at radius 1 is 1.13 bits per heavy atom. The molecule has 0 aliphatic heterocycles. The molecule has 4 nitrogen and oxygen atoms in total. The number of methoxy groups -OCH3 is 1. The fraction of sp³-hybridized carbons (Fsp3) is 0.278. The van der Waals surface area contributed by atoms with E-state index < -0.39 is 0 Å². The van der Waals surface area contributed by atoms with Crippen LogP contribution in [0.25, 0.3) is 0 Å². The standard InChI is InChI=1S/C18H20FNO3/c1-13(12-23-17-10-6-5-9-16(17)22-2)20-18(21)11-14-7-3-4-8-15(14)19/h3-10,13H,11-12H2,1-2H3,(H,20,21)/t13-/m0/s1. The minimum atomic E-state index is -0.374. The summed E-state index contributed by atoms with van der Waals surface area (Å²) in [7, 11) is 1.57. The van der Waals surface area contributed by atoms with E-state index in [1.165, 1.54) is 6.07 Å². The van der Waals surface area contributed by atoms with Gasteiger partial charge >= 0.3 is 0 Å². The third-order valence-electron chi connectivity index (χ3n) is 3.27. The van der Waals surface area contributed by atoms with Crippen LogP contribution in [0.5, 0.6) is 11.5 Å². The van der Waals surface area contributed by atoms with Gasteiger partial charge in [0.25, 0.3) is 0 Å².